The van der Waals surface area contributed by atoms with E-state index in [4.69, 9.17) is 24.2 Å². The van der Waals surface area contributed by atoms with Gasteiger partial charge >= 0.3 is 0 Å². The zero-order valence-electron chi connectivity index (χ0n) is 29.7. The number of fused-ring (bicyclic) bond motifs is 2. The van der Waals surface area contributed by atoms with Gasteiger partial charge in [-0.3, -0.25) is 0 Å². The molecule has 3 aromatic carbocycles. The van der Waals surface area contributed by atoms with E-state index in [0.29, 0.717) is 19.6 Å². The van der Waals surface area contributed by atoms with Gasteiger partial charge in [0.2, 0.25) is 5.79 Å². The lowest BCUT2D eigenvalue weighted by atomic mass is 9.56. The quantitative estimate of drug-likeness (QED) is 0.0579. The third kappa shape index (κ3) is 8.39. The van der Waals surface area contributed by atoms with Crippen LogP contribution < -0.4 is 9.47 Å². The van der Waals surface area contributed by atoms with E-state index in [1.165, 1.54) is 4.90 Å². The Hall–Kier alpha value is -3.21. The summed E-state index contributed by atoms with van der Waals surface area (Å²) in [5.74, 6) is 1.58. The minimum atomic E-state index is -1.02. The van der Waals surface area contributed by atoms with Gasteiger partial charge in [-0.15, -0.1) is 30.1 Å². The average Bonchev–Trinajstić information content (AvgIpc) is 3.16. The van der Waals surface area contributed by atoms with Gasteiger partial charge in [-0.2, -0.15) is 0 Å². The summed E-state index contributed by atoms with van der Waals surface area (Å²) in [6.07, 6.45) is 12.1. The van der Waals surface area contributed by atoms with Crippen LogP contribution in [-0.4, -0.2) is 59.6 Å². The van der Waals surface area contributed by atoms with Gasteiger partial charge < -0.3 is 29.3 Å². The van der Waals surface area contributed by atoms with Crippen LogP contribution in [0.3, 0.4) is 0 Å². The molecule has 1 heterocycles. The van der Waals surface area contributed by atoms with Crippen LogP contribution >= 0.6 is 23.5 Å². The highest BCUT2D eigenvalue weighted by Gasteiger charge is 2.64. The van der Waals surface area contributed by atoms with Crippen LogP contribution in [0.15, 0.2) is 112 Å². The number of nitrogens with zero attached hydrogens (tertiary/aromatic N) is 1. The maximum atomic E-state index is 9.86. The Morgan fingerprint density at radius 3 is 2.39 bits per heavy atom. The Kier molecular flexibility index (Phi) is 13.3. The van der Waals surface area contributed by atoms with Crippen molar-refractivity contribution in [1.29, 1.82) is 0 Å². The Bertz CT molecular complexity index is 1650. The highest BCUT2D eigenvalue weighted by Crippen LogP contribution is 2.63. The Labute approximate surface area is 311 Å². The van der Waals surface area contributed by atoms with Crippen LogP contribution in [0, 0.1) is 17.8 Å². The molecule has 6 atom stereocenters. The first-order valence-electron chi connectivity index (χ1n) is 18.3. The molecule has 2 aliphatic carbocycles. The molecule has 1 fully saturated rings. The van der Waals surface area contributed by atoms with Gasteiger partial charge in [0.25, 0.3) is 0 Å². The summed E-state index contributed by atoms with van der Waals surface area (Å²) < 4.78 is 20.8. The number of ether oxygens (including phenoxy) is 3. The third-order valence-corrected chi connectivity index (χ3v) is 12.3. The molecule has 0 radical (unpaired) electrons. The number of oxime groups is 1. The van der Waals surface area contributed by atoms with E-state index in [1.807, 2.05) is 37.3 Å². The smallest absolute Gasteiger partial charge is 0.231 e. The predicted molar refractivity (Wildman–Crippen MR) is 207 cm³/mol. The number of rotatable bonds is 18. The lowest BCUT2D eigenvalue weighted by Gasteiger charge is -2.58. The second-order valence-electron chi connectivity index (χ2n) is 13.4. The van der Waals surface area contributed by atoms with E-state index < -0.39 is 5.79 Å². The maximum absolute atomic E-state index is 9.86. The molecule has 3 aliphatic rings. The van der Waals surface area contributed by atoms with Crippen molar-refractivity contribution in [3.63, 3.8) is 0 Å². The van der Waals surface area contributed by atoms with Gasteiger partial charge in [0.1, 0.15) is 23.9 Å². The Morgan fingerprint density at radius 1 is 0.941 bits per heavy atom. The highest BCUT2D eigenvalue weighted by atomic mass is 32.2. The normalized spacial score (nSPS) is 25.7. The second kappa shape index (κ2) is 18.0. The fourth-order valence-electron chi connectivity index (χ4n) is 8.07. The molecule has 1 saturated carbocycles. The van der Waals surface area contributed by atoms with Crippen molar-refractivity contribution in [3.8, 4) is 17.2 Å². The number of unbranched alkanes of at least 4 members (excludes halogenated alkanes) is 2. The second-order valence-corrected chi connectivity index (χ2v) is 15.5. The van der Waals surface area contributed by atoms with Crippen molar-refractivity contribution >= 4 is 29.2 Å². The summed E-state index contributed by atoms with van der Waals surface area (Å²) >= 11 is 3.47. The number of aliphatic hydroxyl groups is 2. The monoisotopic (exact) mass is 729 g/mol. The van der Waals surface area contributed by atoms with E-state index in [0.717, 1.165) is 77.5 Å². The molecule has 7 nitrogen and oxygen atoms in total. The number of hydrogen-bond donors (Lipinski definition) is 2. The summed E-state index contributed by atoms with van der Waals surface area (Å²) in [4.78, 5) is 8.14. The standard InChI is InChI=1S/C42H51NO6S2/c1-4-25-46-42-39(51-33-14-7-6-8-15-33)28-37(43-47-5-2)35-26-29(13-9-11-23-44)34(16-10-12-24-45)40(41(35)42)36-27-31(19-22-38(36)49-42)48-30-17-20-32(50-3)21-18-30/h4,6-8,14-15,17-22,26-27,29,34,39-41,44-45H,1,5,9-13,16,23-25,28H2,2-3H3/t29-,34+,39-,40+,41+,42+/m0/s1. The molecule has 0 unspecified atom stereocenters. The van der Waals surface area contributed by atoms with Crippen LogP contribution in [0.1, 0.15) is 63.4 Å². The molecular weight excluding hydrogens is 679 g/mol. The molecule has 9 heteroatoms. The summed E-state index contributed by atoms with van der Waals surface area (Å²) in [6.45, 7) is 7.14. The van der Waals surface area contributed by atoms with Crippen LogP contribution in [-0.2, 0) is 9.57 Å². The largest absolute Gasteiger partial charge is 0.460 e. The molecule has 0 bridgehead atoms. The molecule has 0 aromatic heterocycles. The minimum Gasteiger partial charge on any atom is -0.460 e. The molecule has 6 rings (SSSR count). The summed E-state index contributed by atoms with van der Waals surface area (Å²) in [5.41, 5.74) is 3.16. The molecular formula is C42H51NO6S2. The van der Waals surface area contributed by atoms with Crippen LogP contribution in [0.25, 0.3) is 0 Å². The third-order valence-electron chi connectivity index (χ3n) is 10.2. The van der Waals surface area contributed by atoms with E-state index in [2.05, 4.69) is 61.4 Å². The van der Waals surface area contributed by atoms with E-state index in [1.54, 1.807) is 29.6 Å². The first kappa shape index (κ1) is 37.5. The molecule has 3 aromatic rings. The minimum absolute atomic E-state index is 0.00445. The molecule has 0 saturated heterocycles. The van der Waals surface area contributed by atoms with E-state index in [9.17, 15) is 10.2 Å². The van der Waals surface area contributed by atoms with Gasteiger partial charge in [-0.25, -0.2) is 0 Å². The molecule has 1 aliphatic heterocycles. The van der Waals surface area contributed by atoms with Crippen molar-refractivity contribution in [3.05, 3.63) is 103 Å². The topological polar surface area (TPSA) is 89.7 Å². The predicted octanol–water partition coefficient (Wildman–Crippen LogP) is 9.65. The van der Waals surface area contributed by atoms with Gasteiger partial charge in [-0.1, -0.05) is 48.3 Å². The number of thioether (sulfide) groups is 2. The molecule has 2 N–H and O–H groups in total. The lowest BCUT2D eigenvalue weighted by molar-refractivity contribution is -0.223. The first-order chi connectivity index (χ1) is 25.0. The summed E-state index contributed by atoms with van der Waals surface area (Å²) in [7, 11) is 0. The zero-order chi connectivity index (χ0) is 35.6. The van der Waals surface area contributed by atoms with Crippen molar-refractivity contribution in [2.75, 3.05) is 32.7 Å². The van der Waals surface area contributed by atoms with Gasteiger partial charge in [-0.05, 0) is 111 Å². The zero-order valence-corrected chi connectivity index (χ0v) is 31.4. The molecule has 51 heavy (non-hydrogen) atoms. The van der Waals surface area contributed by atoms with Crippen LogP contribution in [0.4, 0.5) is 0 Å². The van der Waals surface area contributed by atoms with E-state index >= 15 is 0 Å². The Balaban J connectivity index is 1.53. The SMILES string of the molecule is C=CCO[C@@]12Oc3ccc(Oc4ccc(SC)cc4)cc3[C@H]3[C@H](CCCCO)[C@@H](CCCCO)C=C(C(=NOCC)C[C@@H]1Sc1ccccc1)[C@H]32. The maximum Gasteiger partial charge on any atom is 0.231 e. The van der Waals surface area contributed by atoms with E-state index in [-0.39, 0.29) is 42.1 Å². The number of benzene rings is 3. The summed E-state index contributed by atoms with van der Waals surface area (Å²) in [5, 5.41) is 24.2. The fourth-order valence-corrected chi connectivity index (χ4v) is 9.79. The number of allylic oxidation sites excluding steroid dienone is 1. The number of hydrogen-bond acceptors (Lipinski definition) is 9. The van der Waals surface area contributed by atoms with Crippen molar-refractivity contribution < 1.29 is 29.3 Å². The van der Waals surface area contributed by atoms with Gasteiger partial charge in [0.15, 0.2) is 0 Å². The fraction of sp³-hybridized carbons (Fsp3) is 0.452. The Morgan fingerprint density at radius 2 is 1.69 bits per heavy atom. The average molecular weight is 730 g/mol. The lowest BCUT2D eigenvalue weighted by Crippen LogP contribution is -2.64. The number of aliphatic hydroxyl groups excluding tert-OH is 2. The van der Waals surface area contributed by atoms with Crippen molar-refractivity contribution in [2.24, 2.45) is 22.9 Å². The summed E-state index contributed by atoms with van der Waals surface area (Å²) in [6, 6.07) is 24.8. The molecule has 0 amide bonds. The molecule has 0 spiro atoms. The van der Waals surface area contributed by atoms with Gasteiger partial charge in [0.05, 0.1) is 23.5 Å². The first-order valence-corrected chi connectivity index (χ1v) is 20.4. The highest BCUT2D eigenvalue weighted by molar-refractivity contribution is 8.00. The van der Waals surface area contributed by atoms with Crippen LogP contribution in [0.2, 0.25) is 0 Å². The van der Waals surface area contributed by atoms with Crippen molar-refractivity contribution in [2.45, 2.75) is 78.6 Å². The van der Waals surface area contributed by atoms with Gasteiger partial charge in [0, 0.05) is 40.9 Å². The van der Waals surface area contributed by atoms with Crippen LogP contribution in [0.5, 0.6) is 17.2 Å². The van der Waals surface area contributed by atoms with Crippen molar-refractivity contribution in [1.82, 2.24) is 0 Å². The molecule has 272 valence electrons.